The lowest BCUT2D eigenvalue weighted by atomic mass is 9.98. The van der Waals surface area contributed by atoms with Crippen molar-refractivity contribution in [3.8, 4) is 0 Å². The number of carbonyl (C=O) groups excluding carboxylic acids is 2. The largest absolute Gasteiger partial charge is 0.460 e. The molecule has 0 bridgehead atoms. The van der Waals surface area contributed by atoms with Crippen molar-refractivity contribution in [1.82, 2.24) is 5.32 Å². The van der Waals surface area contributed by atoms with Crippen LogP contribution in [-0.2, 0) is 20.7 Å². The number of esters is 1. The Labute approximate surface area is 209 Å². The highest BCUT2D eigenvalue weighted by Gasteiger charge is 2.24. The minimum Gasteiger partial charge on any atom is -0.460 e. The number of alkyl carbamates (subject to hydrolysis) is 1. The van der Waals surface area contributed by atoms with Gasteiger partial charge in [0.1, 0.15) is 11.2 Å². The van der Waals surface area contributed by atoms with Crippen LogP contribution in [0.3, 0.4) is 0 Å². The number of nitrogens with one attached hydrogen (secondary N) is 1. The van der Waals surface area contributed by atoms with Gasteiger partial charge in [0.05, 0.1) is 6.42 Å². The average molecular weight is 504 g/mol. The highest BCUT2D eigenvalue weighted by Crippen LogP contribution is 2.22. The van der Waals surface area contributed by atoms with E-state index in [1.165, 1.54) is 0 Å². The molecule has 0 radical (unpaired) electrons. The van der Waals surface area contributed by atoms with E-state index in [2.05, 4.69) is 35.3 Å². The molecule has 0 aliphatic rings. The van der Waals surface area contributed by atoms with Gasteiger partial charge in [0.15, 0.2) is 0 Å². The molecule has 0 spiro atoms. The SMILES string of the molecule is Cc1ccc(N(CCCl)CCCl)cc1CC[C@H](CC(=O)OC(C)(C)C)NC(=O)OC(C)(C)C. The molecule has 1 aromatic carbocycles. The van der Waals surface area contributed by atoms with E-state index in [0.29, 0.717) is 37.7 Å². The normalized spacial score (nSPS) is 12.8. The number of alkyl halides is 2. The number of hydrogen-bond acceptors (Lipinski definition) is 5. The predicted molar refractivity (Wildman–Crippen MR) is 137 cm³/mol. The molecule has 1 N–H and O–H groups in total. The third kappa shape index (κ3) is 12.4. The Morgan fingerprint density at radius 3 is 2.09 bits per heavy atom. The number of ether oxygens (including phenoxy) is 2. The van der Waals surface area contributed by atoms with Crippen LogP contribution in [0.4, 0.5) is 10.5 Å². The maximum absolute atomic E-state index is 12.5. The fourth-order valence-electron chi connectivity index (χ4n) is 3.31. The second-order valence-electron chi connectivity index (χ2n) is 10.1. The third-order valence-corrected chi connectivity index (χ3v) is 5.06. The standard InChI is InChI=1S/C25H40Cl2N2O4/c1-18-8-11-21(29(14-12-26)15-13-27)16-19(18)9-10-20(17-22(30)32-24(2,3)4)28-23(31)33-25(5,6)7/h8,11,16,20H,9-10,12-15,17H2,1-7H3,(H,28,31)/t20-/m1/s1. The molecule has 33 heavy (non-hydrogen) atoms. The number of halogens is 2. The monoisotopic (exact) mass is 502 g/mol. The minimum atomic E-state index is -0.625. The second-order valence-corrected chi connectivity index (χ2v) is 10.9. The predicted octanol–water partition coefficient (Wildman–Crippen LogP) is 5.84. The molecule has 0 saturated heterocycles. The summed E-state index contributed by atoms with van der Waals surface area (Å²) in [6.07, 6.45) is 0.767. The molecule has 188 valence electrons. The van der Waals surface area contributed by atoms with Crippen LogP contribution in [0.5, 0.6) is 0 Å². The number of amides is 1. The van der Waals surface area contributed by atoms with Crippen molar-refractivity contribution in [3.63, 3.8) is 0 Å². The molecule has 1 rings (SSSR count). The van der Waals surface area contributed by atoms with E-state index in [4.69, 9.17) is 32.7 Å². The first-order chi connectivity index (χ1) is 15.2. The van der Waals surface area contributed by atoms with Crippen molar-refractivity contribution in [1.29, 1.82) is 0 Å². The van der Waals surface area contributed by atoms with Crippen LogP contribution >= 0.6 is 23.2 Å². The lowest BCUT2D eigenvalue weighted by Gasteiger charge is -2.26. The first-order valence-corrected chi connectivity index (χ1v) is 12.5. The molecule has 8 heteroatoms. The molecule has 0 aliphatic heterocycles. The second kappa shape index (κ2) is 13.3. The molecule has 1 aromatic rings. The van der Waals surface area contributed by atoms with Crippen LogP contribution in [0.15, 0.2) is 18.2 Å². The fourth-order valence-corrected chi connectivity index (χ4v) is 3.72. The molecule has 1 atom stereocenters. The van der Waals surface area contributed by atoms with E-state index in [-0.39, 0.29) is 12.4 Å². The first kappa shape index (κ1) is 29.4. The number of anilines is 1. The van der Waals surface area contributed by atoms with Gasteiger partial charge in [-0.1, -0.05) is 6.07 Å². The Morgan fingerprint density at radius 1 is 1.00 bits per heavy atom. The Kier molecular flexibility index (Phi) is 11.8. The van der Waals surface area contributed by atoms with Crippen molar-refractivity contribution in [2.45, 2.75) is 85.0 Å². The zero-order valence-corrected chi connectivity index (χ0v) is 22.6. The Hall–Kier alpha value is -1.66. The van der Waals surface area contributed by atoms with Crippen LogP contribution in [-0.4, -0.2) is 54.2 Å². The maximum Gasteiger partial charge on any atom is 0.407 e. The summed E-state index contributed by atoms with van der Waals surface area (Å²) in [6.45, 7) is 14.3. The van der Waals surface area contributed by atoms with Gasteiger partial charge >= 0.3 is 12.1 Å². The third-order valence-electron chi connectivity index (χ3n) is 4.72. The number of nitrogens with zero attached hydrogens (tertiary/aromatic N) is 1. The van der Waals surface area contributed by atoms with E-state index >= 15 is 0 Å². The van der Waals surface area contributed by atoms with Gasteiger partial charge in [0, 0.05) is 36.6 Å². The summed E-state index contributed by atoms with van der Waals surface area (Å²) in [5.74, 6) is 0.667. The number of benzene rings is 1. The fraction of sp³-hybridized carbons (Fsp3) is 0.680. The quantitative estimate of drug-likeness (QED) is 0.304. The minimum absolute atomic E-state index is 0.0693. The van der Waals surface area contributed by atoms with Crippen LogP contribution in [0, 0.1) is 6.92 Å². The number of carbonyl (C=O) groups is 2. The molecule has 0 saturated carbocycles. The average Bonchev–Trinajstić information content (AvgIpc) is 2.64. The number of rotatable bonds is 11. The lowest BCUT2D eigenvalue weighted by molar-refractivity contribution is -0.155. The van der Waals surface area contributed by atoms with Gasteiger partial charge in [-0.2, -0.15) is 0 Å². The highest BCUT2D eigenvalue weighted by atomic mass is 35.5. The zero-order valence-electron chi connectivity index (χ0n) is 21.1. The molecule has 1 amide bonds. The van der Waals surface area contributed by atoms with Crippen LogP contribution in [0.25, 0.3) is 0 Å². The summed E-state index contributed by atoms with van der Waals surface area (Å²) < 4.78 is 10.9. The molecule has 0 unspecified atom stereocenters. The summed E-state index contributed by atoms with van der Waals surface area (Å²) in [7, 11) is 0. The number of aryl methyl sites for hydroxylation is 2. The van der Waals surface area contributed by atoms with Crippen molar-refractivity contribution < 1.29 is 19.1 Å². The van der Waals surface area contributed by atoms with Gasteiger partial charge in [0.25, 0.3) is 0 Å². The van der Waals surface area contributed by atoms with Crippen LogP contribution in [0.1, 0.15) is 65.5 Å². The van der Waals surface area contributed by atoms with Gasteiger partial charge in [-0.25, -0.2) is 4.79 Å². The molecule has 0 fully saturated rings. The molecular formula is C25H40Cl2N2O4. The molecular weight excluding hydrogens is 463 g/mol. The summed E-state index contributed by atoms with van der Waals surface area (Å²) in [5, 5.41) is 2.85. The van der Waals surface area contributed by atoms with Crippen molar-refractivity contribution in [2.24, 2.45) is 0 Å². The zero-order chi connectivity index (χ0) is 25.2. The van der Waals surface area contributed by atoms with E-state index in [1.54, 1.807) is 20.8 Å². The van der Waals surface area contributed by atoms with Crippen molar-refractivity contribution >= 4 is 41.0 Å². The lowest BCUT2D eigenvalue weighted by Crippen LogP contribution is -2.41. The van der Waals surface area contributed by atoms with Crippen LogP contribution in [0.2, 0.25) is 0 Å². The number of hydrogen-bond donors (Lipinski definition) is 1. The van der Waals surface area contributed by atoms with Gasteiger partial charge in [-0.15, -0.1) is 23.2 Å². The molecule has 0 aliphatic carbocycles. The van der Waals surface area contributed by atoms with Gasteiger partial charge in [0.2, 0.25) is 0 Å². The van der Waals surface area contributed by atoms with E-state index < -0.39 is 23.3 Å². The molecule has 0 heterocycles. The molecule has 0 aromatic heterocycles. The topological polar surface area (TPSA) is 67.9 Å². The Bertz CT molecular complexity index is 737. The first-order valence-electron chi connectivity index (χ1n) is 11.4. The Morgan fingerprint density at radius 2 is 1.58 bits per heavy atom. The maximum atomic E-state index is 12.5. The molecule has 6 nitrogen and oxygen atoms in total. The van der Waals surface area contributed by atoms with Gasteiger partial charge in [-0.3, -0.25) is 4.79 Å². The summed E-state index contributed by atoms with van der Waals surface area (Å²) in [6, 6.07) is 5.85. The smallest absolute Gasteiger partial charge is 0.407 e. The van der Waals surface area contributed by atoms with E-state index in [0.717, 1.165) is 16.8 Å². The summed E-state index contributed by atoms with van der Waals surface area (Å²) in [4.78, 5) is 27.0. The van der Waals surface area contributed by atoms with E-state index in [1.807, 2.05) is 20.8 Å². The van der Waals surface area contributed by atoms with Gasteiger partial charge < -0.3 is 19.7 Å². The summed E-state index contributed by atoms with van der Waals surface area (Å²) in [5.41, 5.74) is 2.12. The van der Waals surface area contributed by atoms with Crippen LogP contribution < -0.4 is 10.2 Å². The highest BCUT2D eigenvalue weighted by molar-refractivity contribution is 6.18. The Balaban J connectivity index is 2.98. The van der Waals surface area contributed by atoms with Crippen molar-refractivity contribution in [2.75, 3.05) is 29.7 Å². The summed E-state index contributed by atoms with van der Waals surface area (Å²) >= 11 is 11.9. The van der Waals surface area contributed by atoms with E-state index in [9.17, 15) is 9.59 Å². The van der Waals surface area contributed by atoms with Gasteiger partial charge in [-0.05, 0) is 84.6 Å². The van der Waals surface area contributed by atoms with Crippen molar-refractivity contribution in [3.05, 3.63) is 29.3 Å².